The van der Waals surface area contributed by atoms with Gasteiger partial charge in [-0.3, -0.25) is 4.79 Å². The molecule has 7 heteroatoms. The highest BCUT2D eigenvalue weighted by Crippen LogP contribution is 2.15. The molecule has 2 N–H and O–H groups in total. The molecule has 1 amide bonds. The minimum atomic E-state index is -3.55. The highest BCUT2D eigenvalue weighted by Gasteiger charge is 2.13. The Balaban J connectivity index is 2.66. The van der Waals surface area contributed by atoms with Gasteiger partial charge in [0.15, 0.2) is 0 Å². The minimum absolute atomic E-state index is 0.0779. The molecule has 0 radical (unpaired) electrons. The van der Waals surface area contributed by atoms with Crippen LogP contribution in [0.4, 0.5) is 0 Å². The van der Waals surface area contributed by atoms with E-state index in [4.69, 9.17) is 0 Å². The fourth-order valence-electron chi connectivity index (χ4n) is 1.14. The van der Waals surface area contributed by atoms with E-state index in [9.17, 15) is 13.2 Å². The normalized spacial score (nSPS) is 11.2. The van der Waals surface area contributed by atoms with Gasteiger partial charge in [0.05, 0.1) is 4.90 Å². The van der Waals surface area contributed by atoms with Crippen molar-refractivity contribution in [1.29, 1.82) is 0 Å². The minimum Gasteiger partial charge on any atom is -0.359 e. The van der Waals surface area contributed by atoms with Gasteiger partial charge in [-0.15, -0.1) is 0 Å². The second kappa shape index (κ2) is 6.13. The maximum Gasteiger partial charge on any atom is 0.240 e. The number of carbonyl (C=O) groups excluding carboxylic acids is 1. The number of hydrogen-bond donors (Lipinski definition) is 2. The lowest BCUT2D eigenvalue weighted by atomic mass is 10.4. The number of sulfonamides is 1. The third-order valence-corrected chi connectivity index (χ3v) is 3.98. The average molecular weight is 321 g/mol. The topological polar surface area (TPSA) is 75.3 Å². The Hall–Kier alpha value is -0.920. The molecule has 1 aromatic carbocycles. The monoisotopic (exact) mass is 320 g/mol. The maximum absolute atomic E-state index is 11.8. The third kappa shape index (κ3) is 4.45. The summed E-state index contributed by atoms with van der Waals surface area (Å²) < 4.78 is 26.6. The van der Waals surface area contributed by atoms with Gasteiger partial charge >= 0.3 is 0 Å². The number of nitrogens with one attached hydrogen (secondary N) is 2. The number of halogens is 1. The second-order valence-corrected chi connectivity index (χ2v) is 5.96. The van der Waals surface area contributed by atoms with Gasteiger partial charge in [-0.25, -0.2) is 13.1 Å². The van der Waals surface area contributed by atoms with Crippen molar-refractivity contribution < 1.29 is 13.2 Å². The maximum atomic E-state index is 11.8. The molecule has 0 atom stereocenters. The van der Waals surface area contributed by atoms with Crippen LogP contribution in [0.2, 0.25) is 0 Å². The summed E-state index contributed by atoms with van der Waals surface area (Å²) in [5.41, 5.74) is 0. The van der Waals surface area contributed by atoms with Gasteiger partial charge in [-0.1, -0.05) is 22.0 Å². The van der Waals surface area contributed by atoms with E-state index in [2.05, 4.69) is 26.0 Å². The van der Waals surface area contributed by atoms with Gasteiger partial charge in [0, 0.05) is 24.5 Å². The van der Waals surface area contributed by atoms with Crippen LogP contribution >= 0.6 is 15.9 Å². The Bertz CT molecular complexity index is 502. The van der Waals surface area contributed by atoms with Crippen molar-refractivity contribution >= 4 is 31.9 Å². The number of rotatable bonds is 5. The first-order valence-electron chi connectivity index (χ1n) is 4.91. The van der Waals surface area contributed by atoms with Crippen molar-refractivity contribution in [2.24, 2.45) is 0 Å². The highest BCUT2D eigenvalue weighted by molar-refractivity contribution is 9.10. The summed E-state index contributed by atoms with van der Waals surface area (Å²) in [6.45, 7) is 0.0779. The Labute approximate surface area is 109 Å². The summed E-state index contributed by atoms with van der Waals surface area (Å²) in [6, 6.07) is 6.37. The smallest absolute Gasteiger partial charge is 0.240 e. The van der Waals surface area contributed by atoms with E-state index in [-0.39, 0.29) is 23.8 Å². The molecule has 94 valence electrons. The summed E-state index contributed by atoms with van der Waals surface area (Å²) in [6.07, 6.45) is 0.115. The standard InChI is InChI=1S/C10H13BrN2O3S/c1-12-10(14)5-6-13-17(15,16)9-4-2-3-8(11)7-9/h2-4,7,13H,5-6H2,1H3,(H,12,14). The summed E-state index contributed by atoms with van der Waals surface area (Å²) >= 11 is 3.20. The van der Waals surface area contributed by atoms with Gasteiger partial charge in [-0.2, -0.15) is 0 Å². The Morgan fingerprint density at radius 3 is 2.71 bits per heavy atom. The van der Waals surface area contributed by atoms with E-state index in [1.807, 2.05) is 0 Å². The summed E-state index contributed by atoms with van der Waals surface area (Å²) in [4.78, 5) is 11.1. The molecule has 0 aromatic heterocycles. The summed E-state index contributed by atoms with van der Waals surface area (Å²) in [7, 11) is -2.04. The van der Waals surface area contributed by atoms with Crippen LogP contribution < -0.4 is 10.0 Å². The molecule has 1 rings (SSSR count). The fraction of sp³-hybridized carbons (Fsp3) is 0.300. The zero-order valence-electron chi connectivity index (χ0n) is 9.23. The van der Waals surface area contributed by atoms with E-state index >= 15 is 0 Å². The van der Waals surface area contributed by atoms with Crippen LogP contribution in [0.5, 0.6) is 0 Å². The van der Waals surface area contributed by atoms with Crippen molar-refractivity contribution in [1.82, 2.24) is 10.0 Å². The summed E-state index contributed by atoms with van der Waals surface area (Å²) in [5.74, 6) is -0.207. The molecule has 0 unspecified atom stereocenters. The first kappa shape index (κ1) is 14.1. The van der Waals surface area contributed by atoms with E-state index in [1.54, 1.807) is 12.1 Å². The van der Waals surface area contributed by atoms with Crippen LogP contribution in [0.1, 0.15) is 6.42 Å². The van der Waals surface area contributed by atoms with Crippen LogP contribution in [0, 0.1) is 0 Å². The fourth-order valence-corrected chi connectivity index (χ4v) is 2.77. The second-order valence-electron chi connectivity index (χ2n) is 3.28. The number of hydrogen-bond acceptors (Lipinski definition) is 3. The molecule has 5 nitrogen and oxygen atoms in total. The molecule has 0 aliphatic rings. The largest absolute Gasteiger partial charge is 0.359 e. The Morgan fingerprint density at radius 2 is 2.12 bits per heavy atom. The molecule has 0 fully saturated rings. The molecular weight excluding hydrogens is 308 g/mol. The molecule has 0 bridgehead atoms. The molecule has 0 saturated carbocycles. The first-order valence-corrected chi connectivity index (χ1v) is 7.19. The van der Waals surface area contributed by atoms with Crippen LogP contribution in [0.15, 0.2) is 33.6 Å². The van der Waals surface area contributed by atoms with E-state index in [0.717, 1.165) is 0 Å². The molecular formula is C10H13BrN2O3S. The van der Waals surface area contributed by atoms with Crippen LogP contribution in [-0.2, 0) is 14.8 Å². The lowest BCUT2D eigenvalue weighted by Crippen LogP contribution is -2.29. The Morgan fingerprint density at radius 1 is 1.41 bits per heavy atom. The van der Waals surface area contributed by atoms with E-state index < -0.39 is 10.0 Å². The molecule has 0 spiro atoms. The third-order valence-electron chi connectivity index (χ3n) is 2.03. The molecule has 0 aliphatic heterocycles. The first-order chi connectivity index (χ1) is 7.95. The van der Waals surface area contributed by atoms with E-state index in [0.29, 0.717) is 4.47 Å². The Kier molecular flexibility index (Phi) is 5.10. The van der Waals surface area contributed by atoms with Gasteiger partial charge < -0.3 is 5.32 Å². The number of amides is 1. The number of carbonyl (C=O) groups is 1. The van der Waals surface area contributed by atoms with Gasteiger partial charge in [0.1, 0.15) is 0 Å². The highest BCUT2D eigenvalue weighted by atomic mass is 79.9. The predicted molar refractivity (Wildman–Crippen MR) is 68.0 cm³/mol. The van der Waals surface area contributed by atoms with Crippen molar-refractivity contribution in [2.75, 3.05) is 13.6 Å². The molecule has 0 aliphatic carbocycles. The zero-order valence-corrected chi connectivity index (χ0v) is 11.6. The molecule has 1 aromatic rings. The average Bonchev–Trinajstić information content (AvgIpc) is 2.28. The van der Waals surface area contributed by atoms with Gasteiger partial charge in [0.25, 0.3) is 0 Å². The van der Waals surface area contributed by atoms with E-state index in [1.165, 1.54) is 19.2 Å². The van der Waals surface area contributed by atoms with Crippen molar-refractivity contribution in [2.45, 2.75) is 11.3 Å². The summed E-state index contributed by atoms with van der Waals surface area (Å²) in [5, 5.41) is 2.42. The zero-order chi connectivity index (χ0) is 12.9. The van der Waals surface area contributed by atoms with Crippen LogP contribution in [0.3, 0.4) is 0 Å². The van der Waals surface area contributed by atoms with Crippen molar-refractivity contribution in [3.05, 3.63) is 28.7 Å². The predicted octanol–water partition coefficient (Wildman–Crippen LogP) is 0.864. The molecule has 17 heavy (non-hydrogen) atoms. The molecule has 0 saturated heterocycles. The quantitative estimate of drug-likeness (QED) is 0.845. The number of benzene rings is 1. The molecule has 0 heterocycles. The van der Waals surface area contributed by atoms with Gasteiger partial charge in [0.2, 0.25) is 15.9 Å². The van der Waals surface area contributed by atoms with Crippen LogP contribution in [-0.4, -0.2) is 27.9 Å². The lowest BCUT2D eigenvalue weighted by molar-refractivity contribution is -0.120. The lowest BCUT2D eigenvalue weighted by Gasteiger charge is -2.06. The van der Waals surface area contributed by atoms with Crippen molar-refractivity contribution in [3.8, 4) is 0 Å². The van der Waals surface area contributed by atoms with Crippen LogP contribution in [0.25, 0.3) is 0 Å². The SMILES string of the molecule is CNC(=O)CCNS(=O)(=O)c1cccc(Br)c1. The van der Waals surface area contributed by atoms with Crippen molar-refractivity contribution in [3.63, 3.8) is 0 Å². The van der Waals surface area contributed by atoms with Gasteiger partial charge in [-0.05, 0) is 18.2 Å².